The van der Waals surface area contributed by atoms with Crippen molar-refractivity contribution in [1.29, 1.82) is 5.26 Å². The van der Waals surface area contributed by atoms with Gasteiger partial charge >= 0.3 is 0 Å². The van der Waals surface area contributed by atoms with Gasteiger partial charge < -0.3 is 9.47 Å². The van der Waals surface area contributed by atoms with E-state index < -0.39 is 10.0 Å². The number of anilines is 1. The van der Waals surface area contributed by atoms with Crippen LogP contribution in [0.5, 0.6) is 0 Å². The van der Waals surface area contributed by atoms with Gasteiger partial charge in [-0.05, 0) is 61.1 Å². The van der Waals surface area contributed by atoms with Gasteiger partial charge in [-0.1, -0.05) is 25.3 Å². The van der Waals surface area contributed by atoms with Gasteiger partial charge in [0.1, 0.15) is 0 Å². The topological polar surface area (TPSA) is 104 Å². The zero-order chi connectivity index (χ0) is 24.7. The number of aromatic nitrogens is 3. The Bertz CT molecular complexity index is 1260. The Morgan fingerprint density at radius 1 is 1.17 bits per heavy atom. The predicted octanol–water partition coefficient (Wildman–Crippen LogP) is 3.79. The van der Waals surface area contributed by atoms with Crippen molar-refractivity contribution in [3.63, 3.8) is 0 Å². The normalized spacial score (nSPS) is 14.5. The number of hydrogen-bond donors (Lipinski definition) is 1. The first-order valence-electron chi connectivity index (χ1n) is 12.1. The smallest absolute Gasteiger partial charge is 0.258 e. The van der Waals surface area contributed by atoms with E-state index in [0.717, 1.165) is 24.2 Å². The number of hydrogen-bond acceptors (Lipinski definition) is 6. The number of nitrogens with zero attached hydrogens (tertiary/aromatic N) is 5. The van der Waals surface area contributed by atoms with E-state index in [0.29, 0.717) is 43.1 Å². The van der Waals surface area contributed by atoms with Crippen molar-refractivity contribution in [3.8, 4) is 6.07 Å². The van der Waals surface area contributed by atoms with Crippen LogP contribution in [-0.4, -0.2) is 36.0 Å². The number of imidazole rings is 1. The van der Waals surface area contributed by atoms with Crippen LogP contribution < -0.4 is 9.62 Å². The third-order valence-electron chi connectivity index (χ3n) is 6.67. The Hall–Kier alpha value is -3.22. The molecule has 1 fully saturated rings. The van der Waals surface area contributed by atoms with Crippen LogP contribution in [0, 0.1) is 17.2 Å². The van der Waals surface area contributed by atoms with Crippen molar-refractivity contribution >= 4 is 15.7 Å². The molecule has 184 valence electrons. The van der Waals surface area contributed by atoms with Gasteiger partial charge in [-0.15, -0.1) is 0 Å². The summed E-state index contributed by atoms with van der Waals surface area (Å²) in [6, 6.07) is 13.2. The van der Waals surface area contributed by atoms with Crippen molar-refractivity contribution in [2.75, 3.05) is 18.0 Å². The molecule has 0 bridgehead atoms. The molecule has 8 nitrogen and oxygen atoms in total. The molecule has 1 N–H and O–H groups in total. The Balaban J connectivity index is 1.51. The Morgan fingerprint density at radius 3 is 2.63 bits per heavy atom. The zero-order valence-corrected chi connectivity index (χ0v) is 20.9. The van der Waals surface area contributed by atoms with Crippen LogP contribution in [0.1, 0.15) is 48.9 Å². The molecule has 35 heavy (non-hydrogen) atoms. The number of aryl methyl sites for hydroxylation is 1. The first-order chi connectivity index (χ1) is 17.0. The molecule has 1 aliphatic carbocycles. The van der Waals surface area contributed by atoms with Gasteiger partial charge in [0, 0.05) is 38.2 Å². The summed E-state index contributed by atoms with van der Waals surface area (Å²) in [7, 11) is -1.75. The highest BCUT2D eigenvalue weighted by Crippen LogP contribution is 2.24. The largest absolute Gasteiger partial charge is 0.365 e. The number of sulfonamides is 1. The second-order valence-corrected chi connectivity index (χ2v) is 10.8. The first kappa shape index (κ1) is 24.9. The number of nitrogens with one attached hydrogen (secondary N) is 1. The van der Waals surface area contributed by atoms with Gasteiger partial charge in [-0.25, -0.2) is 23.1 Å². The zero-order valence-electron chi connectivity index (χ0n) is 20.1. The van der Waals surface area contributed by atoms with Crippen molar-refractivity contribution in [2.45, 2.75) is 50.1 Å². The molecule has 4 rings (SSSR count). The van der Waals surface area contributed by atoms with Gasteiger partial charge in [0.2, 0.25) is 0 Å². The second-order valence-electron chi connectivity index (χ2n) is 9.15. The van der Waals surface area contributed by atoms with E-state index in [1.54, 1.807) is 24.5 Å². The summed E-state index contributed by atoms with van der Waals surface area (Å²) in [5, 5.41) is 9.26. The third-order valence-corrected chi connectivity index (χ3v) is 8.10. The molecule has 9 heteroatoms. The van der Waals surface area contributed by atoms with E-state index in [1.807, 2.05) is 36.0 Å². The molecule has 0 unspecified atom stereocenters. The number of benzene rings is 1. The number of nitriles is 1. The fraction of sp³-hybridized carbons (Fsp3) is 0.423. The van der Waals surface area contributed by atoms with Crippen molar-refractivity contribution in [1.82, 2.24) is 19.3 Å². The van der Waals surface area contributed by atoms with Crippen molar-refractivity contribution < 1.29 is 8.42 Å². The lowest BCUT2D eigenvalue weighted by atomic mass is 9.90. The van der Waals surface area contributed by atoms with Gasteiger partial charge in [0.25, 0.3) is 10.0 Å². The molecule has 0 atom stereocenters. The van der Waals surface area contributed by atoms with Gasteiger partial charge in [-0.3, -0.25) is 0 Å². The SMILES string of the molecule is Cn1cncc1CN(CCc1cccnc1S(=O)(=O)NCC1CCCCC1)c1ccc(C#N)cc1. The molecule has 0 saturated heterocycles. The van der Waals surface area contributed by atoms with E-state index in [1.165, 1.54) is 25.5 Å². The first-order valence-corrected chi connectivity index (χ1v) is 13.6. The average Bonchev–Trinajstić information content (AvgIpc) is 3.30. The quantitative estimate of drug-likeness (QED) is 0.462. The summed E-state index contributed by atoms with van der Waals surface area (Å²) in [4.78, 5) is 10.6. The van der Waals surface area contributed by atoms with Crippen molar-refractivity contribution in [3.05, 3.63) is 71.9 Å². The summed E-state index contributed by atoms with van der Waals surface area (Å²) in [5.74, 6) is 0.399. The van der Waals surface area contributed by atoms with E-state index in [-0.39, 0.29) is 5.03 Å². The van der Waals surface area contributed by atoms with Crippen LogP contribution in [0.2, 0.25) is 0 Å². The minimum atomic E-state index is -3.70. The lowest BCUT2D eigenvalue weighted by molar-refractivity contribution is 0.357. The molecule has 0 amide bonds. The van der Waals surface area contributed by atoms with E-state index in [4.69, 9.17) is 5.26 Å². The van der Waals surface area contributed by atoms with E-state index in [9.17, 15) is 8.42 Å². The predicted molar refractivity (Wildman–Crippen MR) is 135 cm³/mol. The number of rotatable bonds is 10. The molecule has 0 radical (unpaired) electrons. The maximum atomic E-state index is 13.2. The van der Waals surface area contributed by atoms with Crippen molar-refractivity contribution in [2.24, 2.45) is 13.0 Å². The van der Waals surface area contributed by atoms with Gasteiger partial charge in [0.05, 0.1) is 30.2 Å². The molecule has 0 aliphatic heterocycles. The van der Waals surface area contributed by atoms with E-state index >= 15 is 0 Å². The molecule has 2 aromatic heterocycles. The highest BCUT2D eigenvalue weighted by molar-refractivity contribution is 7.89. The lowest BCUT2D eigenvalue weighted by Crippen LogP contribution is -2.32. The molecule has 3 aromatic rings. The maximum Gasteiger partial charge on any atom is 0.258 e. The molecule has 1 aliphatic rings. The highest BCUT2D eigenvalue weighted by Gasteiger charge is 2.23. The monoisotopic (exact) mass is 492 g/mol. The summed E-state index contributed by atoms with van der Waals surface area (Å²) in [5.41, 5.74) is 3.27. The third kappa shape index (κ3) is 6.47. The number of pyridine rings is 1. The summed E-state index contributed by atoms with van der Waals surface area (Å²) < 4.78 is 31.1. The molecule has 0 spiro atoms. The Morgan fingerprint density at radius 2 is 1.94 bits per heavy atom. The molecule has 2 heterocycles. The summed E-state index contributed by atoms with van der Waals surface area (Å²) in [6.45, 7) is 1.65. The van der Waals surface area contributed by atoms with Gasteiger partial charge in [-0.2, -0.15) is 5.26 Å². The van der Waals surface area contributed by atoms with Crippen LogP contribution in [-0.2, 0) is 30.0 Å². The minimum Gasteiger partial charge on any atom is -0.365 e. The van der Waals surface area contributed by atoms with Crippen LogP contribution in [0.25, 0.3) is 0 Å². The van der Waals surface area contributed by atoms with Crippen LogP contribution in [0.3, 0.4) is 0 Å². The molecule has 1 saturated carbocycles. The molecule has 1 aromatic carbocycles. The fourth-order valence-electron chi connectivity index (χ4n) is 4.58. The second kappa shape index (κ2) is 11.5. The summed E-state index contributed by atoms with van der Waals surface area (Å²) >= 11 is 0. The highest BCUT2D eigenvalue weighted by atomic mass is 32.2. The molecular weight excluding hydrogens is 460 g/mol. The Kier molecular flexibility index (Phi) is 8.16. The van der Waals surface area contributed by atoms with Crippen LogP contribution in [0.4, 0.5) is 5.69 Å². The lowest BCUT2D eigenvalue weighted by Gasteiger charge is -2.25. The fourth-order valence-corrected chi connectivity index (χ4v) is 5.88. The summed E-state index contributed by atoms with van der Waals surface area (Å²) in [6.07, 6.45) is 11.4. The van der Waals surface area contributed by atoms with Crippen LogP contribution >= 0.6 is 0 Å². The maximum absolute atomic E-state index is 13.2. The molecular formula is C26H32N6O2S. The van der Waals surface area contributed by atoms with Gasteiger partial charge in [0.15, 0.2) is 5.03 Å². The van der Waals surface area contributed by atoms with Crippen LogP contribution in [0.15, 0.2) is 60.1 Å². The standard InChI is InChI=1S/C26H32N6O2S/c1-31-20-28-18-25(31)19-32(24-11-9-21(16-27)10-12-24)15-13-23-8-5-14-29-26(23)35(33,34)30-17-22-6-3-2-4-7-22/h5,8-12,14,18,20,22,30H,2-4,6-7,13,15,17,19H2,1H3. The minimum absolute atomic E-state index is 0.108. The van der Waals surface area contributed by atoms with E-state index in [2.05, 4.69) is 25.7 Å². The average molecular weight is 493 g/mol. The Labute approximate surface area is 207 Å².